The lowest BCUT2D eigenvalue weighted by Gasteiger charge is -2.31. The van der Waals surface area contributed by atoms with Crippen LogP contribution < -0.4 is 9.64 Å². The Hall–Kier alpha value is -3.64. The summed E-state index contributed by atoms with van der Waals surface area (Å²) in [5.74, 6) is 0.464. The minimum atomic E-state index is -4.59. The zero-order valence-corrected chi connectivity index (χ0v) is 24.0. The fourth-order valence-corrected chi connectivity index (χ4v) is 6.37. The van der Waals surface area contributed by atoms with Gasteiger partial charge in [0.2, 0.25) is 0 Å². The van der Waals surface area contributed by atoms with Crippen molar-refractivity contribution in [1.29, 1.82) is 0 Å². The van der Waals surface area contributed by atoms with Crippen LogP contribution in [0.1, 0.15) is 65.8 Å². The summed E-state index contributed by atoms with van der Waals surface area (Å²) in [5.41, 5.74) is 1.05. The van der Waals surface area contributed by atoms with E-state index in [1.54, 1.807) is 13.0 Å². The second-order valence-corrected chi connectivity index (χ2v) is 11.4. The smallest absolute Gasteiger partial charge is 0.417 e. The molecule has 0 unspecified atom stereocenters. The monoisotopic (exact) mass is 601 g/mol. The minimum absolute atomic E-state index is 0.0828. The van der Waals surface area contributed by atoms with Crippen molar-refractivity contribution in [3.05, 3.63) is 58.8 Å². The van der Waals surface area contributed by atoms with Crippen molar-refractivity contribution < 1.29 is 36.7 Å². The number of esters is 1. The summed E-state index contributed by atoms with van der Waals surface area (Å²) >= 11 is 1.53. The standard InChI is InChI=1S/C30H30F3N3O5S/c1-3-39-28(37)18-9-10-22-24(15-18)42-29(34-22)36-13-11-19(12-14-36)40-16-20-26(35-41-27(20)17-7-8-17)25-21(30(31,32)33)5-4-6-23(25)38-2/h4-6,9-10,15,17,19H,3,7-8,11-14,16H2,1-2H3. The van der Waals surface area contributed by atoms with Gasteiger partial charge in [-0.1, -0.05) is 22.6 Å². The van der Waals surface area contributed by atoms with Crippen molar-refractivity contribution in [3.63, 3.8) is 0 Å². The predicted octanol–water partition coefficient (Wildman–Crippen LogP) is 7.22. The number of alkyl halides is 3. The molecule has 1 aliphatic carbocycles. The molecule has 1 saturated heterocycles. The summed E-state index contributed by atoms with van der Waals surface area (Å²) in [5, 5.41) is 4.99. The average Bonchev–Trinajstić information content (AvgIpc) is 3.60. The number of fused-ring (bicyclic) bond motifs is 1. The molecule has 0 bridgehead atoms. The summed E-state index contributed by atoms with van der Waals surface area (Å²) in [6.45, 7) is 3.62. The van der Waals surface area contributed by atoms with E-state index in [2.05, 4.69) is 10.1 Å². The Kier molecular flexibility index (Phi) is 7.84. The van der Waals surface area contributed by atoms with E-state index in [1.165, 1.54) is 30.6 Å². The van der Waals surface area contributed by atoms with Crippen molar-refractivity contribution in [2.75, 3.05) is 31.7 Å². The molecule has 8 nitrogen and oxygen atoms in total. The van der Waals surface area contributed by atoms with Gasteiger partial charge < -0.3 is 23.6 Å². The molecule has 0 spiro atoms. The van der Waals surface area contributed by atoms with Gasteiger partial charge in [0, 0.05) is 24.6 Å². The third-order valence-electron chi connectivity index (χ3n) is 7.62. The Bertz CT molecular complexity index is 1590. The molecule has 1 aliphatic heterocycles. The Morgan fingerprint density at radius 3 is 2.62 bits per heavy atom. The average molecular weight is 602 g/mol. The van der Waals surface area contributed by atoms with Crippen LogP contribution in [0.3, 0.4) is 0 Å². The van der Waals surface area contributed by atoms with Crippen LogP contribution in [0.15, 0.2) is 40.9 Å². The Balaban J connectivity index is 1.16. The van der Waals surface area contributed by atoms with Crippen molar-refractivity contribution in [3.8, 4) is 17.0 Å². The molecular weight excluding hydrogens is 571 g/mol. The molecule has 4 aromatic rings. The van der Waals surface area contributed by atoms with Crippen LogP contribution in [0.5, 0.6) is 5.75 Å². The number of aromatic nitrogens is 2. The summed E-state index contributed by atoms with van der Waals surface area (Å²) in [6, 6.07) is 9.21. The summed E-state index contributed by atoms with van der Waals surface area (Å²) < 4.78 is 65.2. The van der Waals surface area contributed by atoms with Crippen LogP contribution in [-0.2, 0) is 22.3 Å². The van der Waals surface area contributed by atoms with Gasteiger partial charge in [-0.25, -0.2) is 9.78 Å². The first-order valence-electron chi connectivity index (χ1n) is 13.9. The van der Waals surface area contributed by atoms with Gasteiger partial charge in [-0.3, -0.25) is 0 Å². The SMILES string of the molecule is CCOC(=O)c1ccc2nc(N3CCC(OCc4c(-c5c(OC)cccc5C(F)(F)F)noc4C4CC4)CC3)sc2c1. The molecule has 0 N–H and O–H groups in total. The Morgan fingerprint density at radius 1 is 1.14 bits per heavy atom. The number of carbonyl (C=O) groups is 1. The van der Waals surface area contributed by atoms with E-state index in [9.17, 15) is 18.0 Å². The Labute approximate surface area is 244 Å². The maximum Gasteiger partial charge on any atom is 0.417 e. The van der Waals surface area contributed by atoms with Gasteiger partial charge in [-0.2, -0.15) is 13.2 Å². The van der Waals surface area contributed by atoms with Gasteiger partial charge in [0.15, 0.2) is 5.13 Å². The van der Waals surface area contributed by atoms with Crippen molar-refractivity contribution in [2.24, 2.45) is 0 Å². The van der Waals surface area contributed by atoms with Crippen LogP contribution in [0.2, 0.25) is 0 Å². The number of nitrogens with zero attached hydrogens (tertiary/aromatic N) is 3. The number of ether oxygens (including phenoxy) is 3. The molecular formula is C30H30F3N3O5S. The molecule has 42 heavy (non-hydrogen) atoms. The van der Waals surface area contributed by atoms with Crippen LogP contribution in [0, 0.1) is 0 Å². The van der Waals surface area contributed by atoms with E-state index in [1.807, 2.05) is 12.1 Å². The fourth-order valence-electron chi connectivity index (χ4n) is 5.31. The zero-order valence-electron chi connectivity index (χ0n) is 23.2. The van der Waals surface area contributed by atoms with E-state index in [4.69, 9.17) is 23.7 Å². The highest BCUT2D eigenvalue weighted by Crippen LogP contribution is 2.48. The molecule has 6 rings (SSSR count). The quantitative estimate of drug-likeness (QED) is 0.186. The molecule has 2 fully saturated rings. The first-order valence-corrected chi connectivity index (χ1v) is 14.8. The number of anilines is 1. The number of halogens is 3. The molecule has 2 aromatic heterocycles. The molecule has 222 valence electrons. The number of hydrogen-bond acceptors (Lipinski definition) is 9. The predicted molar refractivity (Wildman–Crippen MR) is 151 cm³/mol. The lowest BCUT2D eigenvalue weighted by Crippen LogP contribution is -2.37. The van der Waals surface area contributed by atoms with Gasteiger partial charge in [-0.05, 0) is 62.9 Å². The van der Waals surface area contributed by atoms with Crippen LogP contribution >= 0.6 is 11.3 Å². The lowest BCUT2D eigenvalue weighted by atomic mass is 9.98. The lowest BCUT2D eigenvalue weighted by molar-refractivity contribution is -0.137. The number of piperidine rings is 1. The van der Waals surface area contributed by atoms with Gasteiger partial charge in [0.05, 0.1) is 53.3 Å². The van der Waals surface area contributed by atoms with Crippen molar-refractivity contribution >= 4 is 32.7 Å². The number of benzene rings is 2. The number of methoxy groups -OCH3 is 1. The second-order valence-electron chi connectivity index (χ2n) is 10.4. The van der Waals surface area contributed by atoms with E-state index in [-0.39, 0.29) is 41.6 Å². The number of rotatable bonds is 9. The first kappa shape index (κ1) is 28.5. The largest absolute Gasteiger partial charge is 0.496 e. The summed E-state index contributed by atoms with van der Waals surface area (Å²) in [7, 11) is 1.34. The topological polar surface area (TPSA) is 86.9 Å². The second kappa shape index (κ2) is 11.6. The van der Waals surface area contributed by atoms with Crippen LogP contribution in [0.4, 0.5) is 18.3 Å². The maximum absolute atomic E-state index is 14.0. The normalized spacial score (nSPS) is 16.3. The zero-order chi connectivity index (χ0) is 29.4. The summed E-state index contributed by atoms with van der Waals surface area (Å²) in [4.78, 5) is 19.1. The van der Waals surface area contributed by atoms with Gasteiger partial charge in [-0.15, -0.1) is 0 Å². The number of thiazole rings is 1. The molecule has 1 saturated carbocycles. The minimum Gasteiger partial charge on any atom is -0.496 e. The summed E-state index contributed by atoms with van der Waals surface area (Å²) in [6.07, 6.45) is -1.41. The van der Waals surface area contributed by atoms with Crippen LogP contribution in [0.25, 0.3) is 21.5 Å². The van der Waals surface area contributed by atoms with E-state index < -0.39 is 11.7 Å². The van der Waals surface area contributed by atoms with Crippen molar-refractivity contribution in [1.82, 2.24) is 10.1 Å². The third-order valence-corrected chi connectivity index (χ3v) is 8.70. The van der Waals surface area contributed by atoms with Crippen molar-refractivity contribution in [2.45, 2.75) is 57.4 Å². The third kappa shape index (κ3) is 5.69. The first-order chi connectivity index (χ1) is 20.3. The van der Waals surface area contributed by atoms with Gasteiger partial charge in [0.1, 0.15) is 17.2 Å². The van der Waals surface area contributed by atoms with E-state index in [0.717, 1.165) is 47.1 Å². The highest BCUT2D eigenvalue weighted by atomic mass is 32.1. The maximum atomic E-state index is 14.0. The fraction of sp³-hybridized carbons (Fsp3) is 0.433. The highest BCUT2D eigenvalue weighted by Gasteiger charge is 2.39. The van der Waals surface area contributed by atoms with Crippen LogP contribution in [-0.4, -0.2) is 49.0 Å². The van der Waals surface area contributed by atoms with E-state index in [0.29, 0.717) is 36.6 Å². The van der Waals surface area contributed by atoms with E-state index >= 15 is 0 Å². The Morgan fingerprint density at radius 2 is 1.93 bits per heavy atom. The number of carbonyl (C=O) groups excluding carboxylic acids is 1. The molecule has 2 aromatic carbocycles. The molecule has 0 amide bonds. The van der Waals surface area contributed by atoms with Gasteiger partial charge >= 0.3 is 12.1 Å². The highest BCUT2D eigenvalue weighted by molar-refractivity contribution is 7.22. The molecule has 12 heteroatoms. The molecule has 0 radical (unpaired) electrons. The molecule has 2 aliphatic rings. The van der Waals surface area contributed by atoms with Gasteiger partial charge in [0.25, 0.3) is 0 Å². The number of hydrogen-bond donors (Lipinski definition) is 0. The molecule has 0 atom stereocenters. The molecule has 3 heterocycles.